The van der Waals surface area contributed by atoms with Crippen molar-refractivity contribution in [2.45, 2.75) is 26.3 Å². The summed E-state index contributed by atoms with van der Waals surface area (Å²) in [6.07, 6.45) is 4.52. The second kappa shape index (κ2) is 7.92. The third-order valence-electron chi connectivity index (χ3n) is 4.26. The van der Waals surface area contributed by atoms with Gasteiger partial charge in [0.15, 0.2) is 5.65 Å². The standard InChI is InChI=1S/C20H21N5O2/c1-13(2)16-11-23-19-18(26)15(8-9-25(19)20(16)27)17(24-21)12-22-10-14-6-4-3-5-7-14/h3-9,11-13,24H,10,21H2,1-2H3. The van der Waals surface area contributed by atoms with E-state index in [9.17, 15) is 9.59 Å². The van der Waals surface area contributed by atoms with Crippen molar-refractivity contribution in [3.05, 3.63) is 85.7 Å². The number of fused-ring (bicyclic) bond motifs is 1. The van der Waals surface area contributed by atoms with E-state index in [1.807, 2.05) is 44.2 Å². The van der Waals surface area contributed by atoms with Crippen LogP contribution in [0, 0.1) is 0 Å². The molecule has 0 radical (unpaired) electrons. The molecule has 2 aromatic heterocycles. The van der Waals surface area contributed by atoms with Gasteiger partial charge in [0.1, 0.15) is 0 Å². The highest BCUT2D eigenvalue weighted by molar-refractivity contribution is 6.00. The summed E-state index contributed by atoms with van der Waals surface area (Å²) < 4.78 is 1.27. The highest BCUT2D eigenvalue weighted by atomic mass is 16.1. The molecule has 3 rings (SSSR count). The van der Waals surface area contributed by atoms with Crippen molar-refractivity contribution in [2.24, 2.45) is 10.8 Å². The molecule has 0 spiro atoms. The molecule has 0 bridgehead atoms. The van der Waals surface area contributed by atoms with Gasteiger partial charge in [0.2, 0.25) is 5.43 Å². The fourth-order valence-corrected chi connectivity index (χ4v) is 2.75. The van der Waals surface area contributed by atoms with Crippen molar-refractivity contribution in [2.75, 3.05) is 0 Å². The van der Waals surface area contributed by atoms with Crippen molar-refractivity contribution in [3.63, 3.8) is 0 Å². The van der Waals surface area contributed by atoms with Gasteiger partial charge >= 0.3 is 0 Å². The molecule has 0 aliphatic rings. The summed E-state index contributed by atoms with van der Waals surface area (Å²) in [5, 5.41) is 0.304. The largest absolute Gasteiger partial charge is 0.322 e. The summed E-state index contributed by atoms with van der Waals surface area (Å²) in [5.41, 5.74) is 3.91. The number of hydrazine groups is 1. The number of nitrogens with zero attached hydrogens (tertiary/aromatic N) is 3. The lowest BCUT2D eigenvalue weighted by Gasteiger charge is -2.06. The van der Waals surface area contributed by atoms with Gasteiger partial charge < -0.3 is 5.43 Å². The van der Waals surface area contributed by atoms with Gasteiger partial charge in [-0.05, 0) is 17.5 Å². The van der Waals surface area contributed by atoms with Crippen molar-refractivity contribution < 1.29 is 0 Å². The zero-order valence-electron chi connectivity index (χ0n) is 15.2. The number of rotatable bonds is 5. The first-order valence-corrected chi connectivity index (χ1v) is 8.62. The monoisotopic (exact) mass is 363 g/mol. The molecule has 0 fully saturated rings. The van der Waals surface area contributed by atoms with Crippen LogP contribution >= 0.6 is 0 Å². The van der Waals surface area contributed by atoms with Crippen LogP contribution in [0.5, 0.6) is 0 Å². The average molecular weight is 363 g/mol. The van der Waals surface area contributed by atoms with Gasteiger partial charge in [0.25, 0.3) is 5.56 Å². The van der Waals surface area contributed by atoms with Gasteiger partial charge in [-0.3, -0.25) is 24.8 Å². The van der Waals surface area contributed by atoms with E-state index in [-0.39, 0.29) is 22.6 Å². The molecule has 0 aliphatic carbocycles. The first-order chi connectivity index (χ1) is 13.0. The molecule has 2 heterocycles. The number of hydrogen-bond donors (Lipinski definition) is 2. The van der Waals surface area contributed by atoms with E-state index in [4.69, 9.17) is 5.84 Å². The maximum atomic E-state index is 12.8. The Morgan fingerprint density at radius 1 is 1.26 bits per heavy atom. The average Bonchev–Trinajstić information content (AvgIpc) is 2.67. The zero-order valence-corrected chi connectivity index (χ0v) is 15.2. The molecule has 0 atom stereocenters. The van der Waals surface area contributed by atoms with Crippen LogP contribution < -0.4 is 27.5 Å². The minimum absolute atomic E-state index is 0.0228. The summed E-state index contributed by atoms with van der Waals surface area (Å²) >= 11 is 0. The summed E-state index contributed by atoms with van der Waals surface area (Å²) in [7, 11) is 0. The topological polar surface area (TPSA) is 102 Å². The van der Waals surface area contributed by atoms with Crippen LogP contribution in [0.25, 0.3) is 11.3 Å². The highest BCUT2D eigenvalue weighted by Gasteiger charge is 2.11. The predicted octanol–water partition coefficient (Wildman–Crippen LogP) is 0.739. The SMILES string of the molecule is CC(C)c1cnc2c(=O)c(=C(C=NCc3ccccc3)NN)ccn2c1=O. The summed E-state index contributed by atoms with van der Waals surface area (Å²) in [4.78, 5) is 33.8. The summed E-state index contributed by atoms with van der Waals surface area (Å²) in [6, 6.07) is 11.3. The lowest BCUT2D eigenvalue weighted by molar-refractivity contribution is 0.820. The summed E-state index contributed by atoms with van der Waals surface area (Å²) in [6.45, 7) is 4.28. The normalized spacial score (nSPS) is 12.7. The zero-order chi connectivity index (χ0) is 19.4. The van der Waals surface area contributed by atoms with Crippen molar-refractivity contribution in [1.82, 2.24) is 14.8 Å². The predicted molar refractivity (Wildman–Crippen MR) is 106 cm³/mol. The van der Waals surface area contributed by atoms with Crippen LogP contribution in [0.4, 0.5) is 0 Å². The first-order valence-electron chi connectivity index (χ1n) is 8.62. The van der Waals surface area contributed by atoms with E-state index in [0.717, 1.165) is 5.56 Å². The Morgan fingerprint density at radius 3 is 2.67 bits per heavy atom. The van der Waals surface area contributed by atoms with Gasteiger partial charge in [-0.2, -0.15) is 0 Å². The second-order valence-electron chi connectivity index (χ2n) is 6.44. The van der Waals surface area contributed by atoms with Crippen molar-refractivity contribution >= 4 is 17.6 Å². The molecule has 0 aliphatic heterocycles. The molecule has 27 heavy (non-hydrogen) atoms. The first kappa shape index (κ1) is 18.5. The molecular formula is C20H21N5O2. The quantitative estimate of drug-likeness (QED) is 0.395. The van der Waals surface area contributed by atoms with Crippen LogP contribution in [0.1, 0.15) is 30.9 Å². The fourth-order valence-electron chi connectivity index (χ4n) is 2.75. The molecule has 7 heteroatoms. The Morgan fingerprint density at radius 2 is 2.00 bits per heavy atom. The van der Waals surface area contributed by atoms with E-state index in [1.54, 1.807) is 6.07 Å². The van der Waals surface area contributed by atoms with Gasteiger partial charge in [-0.15, -0.1) is 0 Å². The number of nitrogens with one attached hydrogen (secondary N) is 1. The summed E-state index contributed by atoms with van der Waals surface area (Å²) in [5.74, 6) is 5.61. The Balaban J connectivity index is 2.08. The van der Waals surface area contributed by atoms with Crippen LogP contribution in [0.15, 0.2) is 63.4 Å². The minimum atomic E-state index is -0.385. The lowest BCUT2D eigenvalue weighted by atomic mass is 10.1. The Hall–Kier alpha value is -3.32. The number of aliphatic imine (C=N–C) groups is 1. The molecule has 3 N–H and O–H groups in total. The highest BCUT2D eigenvalue weighted by Crippen LogP contribution is 2.07. The molecule has 0 saturated carbocycles. The fraction of sp³-hybridized carbons (Fsp3) is 0.200. The van der Waals surface area contributed by atoms with Gasteiger partial charge in [0, 0.05) is 24.2 Å². The molecule has 7 nitrogen and oxygen atoms in total. The Kier molecular flexibility index (Phi) is 5.42. The van der Waals surface area contributed by atoms with E-state index in [0.29, 0.717) is 23.0 Å². The Bertz CT molecular complexity index is 1150. The van der Waals surface area contributed by atoms with Crippen LogP contribution in [0.3, 0.4) is 0 Å². The number of hydrogen-bond acceptors (Lipinski definition) is 6. The molecule has 0 amide bonds. The van der Waals surface area contributed by atoms with Crippen molar-refractivity contribution in [3.8, 4) is 0 Å². The van der Waals surface area contributed by atoms with Gasteiger partial charge in [0.05, 0.1) is 17.5 Å². The van der Waals surface area contributed by atoms with Crippen molar-refractivity contribution in [1.29, 1.82) is 0 Å². The molecule has 0 saturated heterocycles. The molecule has 3 aromatic rings. The Labute approximate surface area is 155 Å². The third kappa shape index (κ3) is 3.78. The van der Waals surface area contributed by atoms with Gasteiger partial charge in [-0.1, -0.05) is 44.2 Å². The molecule has 1 aromatic carbocycles. The van der Waals surface area contributed by atoms with E-state index in [1.165, 1.54) is 23.0 Å². The lowest BCUT2D eigenvalue weighted by Crippen LogP contribution is -2.38. The van der Waals surface area contributed by atoms with E-state index >= 15 is 0 Å². The minimum Gasteiger partial charge on any atom is -0.322 e. The number of benzene rings is 1. The van der Waals surface area contributed by atoms with Crippen LogP contribution in [0.2, 0.25) is 0 Å². The molecular weight excluding hydrogens is 342 g/mol. The third-order valence-corrected chi connectivity index (χ3v) is 4.26. The van der Waals surface area contributed by atoms with Gasteiger partial charge in [-0.25, -0.2) is 4.98 Å². The second-order valence-corrected chi connectivity index (χ2v) is 6.44. The number of nitrogens with two attached hydrogens (primary N) is 1. The van der Waals surface area contributed by atoms with Crippen LogP contribution in [-0.4, -0.2) is 15.6 Å². The molecule has 0 unspecified atom stereocenters. The molecule has 138 valence electrons. The maximum Gasteiger partial charge on any atom is 0.261 e. The maximum absolute atomic E-state index is 12.8. The smallest absolute Gasteiger partial charge is 0.261 e. The van der Waals surface area contributed by atoms with E-state index in [2.05, 4.69) is 15.4 Å². The number of aromatic nitrogens is 2. The van der Waals surface area contributed by atoms with Crippen LogP contribution in [-0.2, 0) is 6.54 Å². The number of pyridine rings is 1. The van der Waals surface area contributed by atoms with E-state index < -0.39 is 0 Å².